The van der Waals surface area contributed by atoms with Gasteiger partial charge in [0.15, 0.2) is 6.35 Å². The maximum absolute atomic E-state index is 11.5. The van der Waals surface area contributed by atoms with Gasteiger partial charge in [-0.1, -0.05) is 0 Å². The van der Waals surface area contributed by atoms with Crippen LogP contribution in [-0.4, -0.2) is 73.4 Å². The van der Waals surface area contributed by atoms with E-state index in [1.165, 1.54) is 0 Å². The van der Waals surface area contributed by atoms with Crippen molar-refractivity contribution in [2.24, 2.45) is 0 Å². The predicted octanol–water partition coefficient (Wildman–Crippen LogP) is 2.63. The maximum atomic E-state index is 11.5. The molecule has 25 heavy (non-hydrogen) atoms. The average molecular weight is 402 g/mol. The van der Waals surface area contributed by atoms with Crippen LogP contribution in [0.2, 0.25) is 0 Å². The van der Waals surface area contributed by atoms with Crippen molar-refractivity contribution in [1.82, 2.24) is 14.9 Å². The van der Waals surface area contributed by atoms with Gasteiger partial charge < -0.3 is 4.74 Å². The van der Waals surface area contributed by atoms with E-state index in [9.17, 15) is 34.8 Å². The van der Waals surface area contributed by atoms with Gasteiger partial charge in [-0.2, -0.15) is 5.06 Å². The summed E-state index contributed by atoms with van der Waals surface area (Å²) in [6.07, 6.45) is 0.0596. The van der Waals surface area contributed by atoms with E-state index in [0.717, 1.165) is 18.2 Å². The number of carbonyl (C=O) groups is 2. The Morgan fingerprint density at radius 1 is 1.00 bits per heavy atom. The number of hydrogen-bond donors (Lipinski definition) is 0. The Bertz CT molecular complexity index is 481. The summed E-state index contributed by atoms with van der Waals surface area (Å²) in [6, 6.07) is 0. The molecular formula is C11H19F6N3O4P-. The zero-order chi connectivity index (χ0) is 19.5. The van der Waals surface area contributed by atoms with Crippen LogP contribution < -0.4 is 0 Å². The van der Waals surface area contributed by atoms with E-state index in [1.807, 2.05) is 23.9 Å². The van der Waals surface area contributed by atoms with E-state index in [4.69, 9.17) is 9.57 Å². The molecular weight excluding hydrogens is 383 g/mol. The van der Waals surface area contributed by atoms with Crippen molar-refractivity contribution in [3.63, 3.8) is 0 Å². The molecule has 0 aromatic heterocycles. The Labute approximate surface area is 139 Å². The Morgan fingerprint density at radius 2 is 1.40 bits per heavy atom. The van der Waals surface area contributed by atoms with Crippen molar-refractivity contribution in [2.45, 2.75) is 19.2 Å². The van der Waals surface area contributed by atoms with Gasteiger partial charge in [0.25, 0.3) is 11.8 Å². The summed E-state index contributed by atoms with van der Waals surface area (Å²) in [5, 5.41) is 0.903. The zero-order valence-corrected chi connectivity index (χ0v) is 14.4. The van der Waals surface area contributed by atoms with Gasteiger partial charge in [0.1, 0.15) is 0 Å². The molecule has 2 rings (SSSR count). The third-order valence-corrected chi connectivity index (χ3v) is 3.01. The fourth-order valence-corrected chi connectivity index (χ4v) is 2.05. The van der Waals surface area contributed by atoms with Crippen molar-refractivity contribution < 1.29 is 44.3 Å². The molecule has 0 radical (unpaired) electrons. The quantitative estimate of drug-likeness (QED) is 0.312. The molecule has 0 aromatic rings. The van der Waals surface area contributed by atoms with Crippen LogP contribution in [0.15, 0.2) is 0 Å². The van der Waals surface area contributed by atoms with E-state index in [1.54, 1.807) is 0 Å². The van der Waals surface area contributed by atoms with E-state index in [2.05, 4.69) is 0 Å². The molecule has 1 unspecified atom stereocenters. The van der Waals surface area contributed by atoms with E-state index in [0.29, 0.717) is 13.2 Å². The first-order valence-corrected chi connectivity index (χ1v) is 9.14. The molecule has 0 spiro atoms. The monoisotopic (exact) mass is 402 g/mol. The molecule has 1 atom stereocenters. The van der Waals surface area contributed by atoms with Crippen LogP contribution in [0.1, 0.15) is 12.8 Å². The first kappa shape index (κ1) is 22.0. The zero-order valence-electron chi connectivity index (χ0n) is 13.5. The summed E-state index contributed by atoms with van der Waals surface area (Å²) in [7, 11) is -6.95. The average Bonchev–Trinajstić information content (AvgIpc) is 2.73. The molecule has 2 heterocycles. The molecule has 14 heteroatoms. The van der Waals surface area contributed by atoms with Crippen molar-refractivity contribution in [3.8, 4) is 0 Å². The fraction of sp³-hybridized carbons (Fsp3) is 0.818. The van der Waals surface area contributed by atoms with Gasteiger partial charge in [-0.15, -0.1) is 0 Å². The molecule has 7 nitrogen and oxygen atoms in total. The van der Waals surface area contributed by atoms with Crippen molar-refractivity contribution >= 4 is 19.6 Å². The Kier molecular flexibility index (Phi) is 6.13. The molecule has 2 aliphatic heterocycles. The molecule has 2 amide bonds. The van der Waals surface area contributed by atoms with Crippen LogP contribution in [0.4, 0.5) is 25.2 Å². The molecule has 0 aromatic carbocycles. The summed E-state index contributed by atoms with van der Waals surface area (Å²) < 4.78 is 64.5. The summed E-state index contributed by atoms with van der Waals surface area (Å²) >= 11 is 0. The Morgan fingerprint density at radius 3 is 1.76 bits per heavy atom. The van der Waals surface area contributed by atoms with Crippen LogP contribution in [0, 0.1) is 0 Å². The van der Waals surface area contributed by atoms with Gasteiger partial charge in [0.2, 0.25) is 0 Å². The molecule has 2 aliphatic rings. The van der Waals surface area contributed by atoms with Gasteiger partial charge in [0, 0.05) is 25.9 Å². The second-order valence-corrected chi connectivity index (χ2v) is 7.50. The Balaban J connectivity index is 0.000000381. The third-order valence-electron chi connectivity index (χ3n) is 3.01. The predicted molar refractivity (Wildman–Crippen MR) is 75.6 cm³/mol. The number of amides is 2. The van der Waals surface area contributed by atoms with Gasteiger partial charge >= 0.3 is 33.0 Å². The molecule has 0 N–H and O–H groups in total. The van der Waals surface area contributed by atoms with Gasteiger partial charge in [-0.3, -0.25) is 19.4 Å². The Hall–Kier alpha value is -1.01. The van der Waals surface area contributed by atoms with Crippen molar-refractivity contribution in [2.75, 3.05) is 40.4 Å². The van der Waals surface area contributed by atoms with Crippen LogP contribution in [0.3, 0.4) is 0 Å². The van der Waals surface area contributed by atoms with Crippen molar-refractivity contribution in [3.05, 3.63) is 0 Å². The molecule has 0 saturated carbocycles. The van der Waals surface area contributed by atoms with Gasteiger partial charge in [0.05, 0.1) is 13.2 Å². The van der Waals surface area contributed by atoms with Crippen LogP contribution >= 0.6 is 7.81 Å². The molecule has 0 bridgehead atoms. The summed E-state index contributed by atoms with van der Waals surface area (Å²) in [5.74, 6) is -0.528. The molecule has 0 aliphatic carbocycles. The second kappa shape index (κ2) is 6.95. The van der Waals surface area contributed by atoms with E-state index in [-0.39, 0.29) is 24.7 Å². The summed E-state index contributed by atoms with van der Waals surface area (Å²) in [5.41, 5.74) is 0. The normalized spacial score (nSPS) is 23.8. The first-order chi connectivity index (χ1) is 11.0. The number of imide groups is 1. The van der Waals surface area contributed by atoms with E-state index >= 15 is 0 Å². The summed E-state index contributed by atoms with van der Waals surface area (Å²) in [6.45, 7) is 2.71. The number of morpholine rings is 1. The number of ether oxygens (including phenoxy) is 1. The topological polar surface area (TPSA) is 62.3 Å². The molecule has 150 valence electrons. The second-order valence-electron chi connectivity index (χ2n) is 5.58. The van der Waals surface area contributed by atoms with E-state index < -0.39 is 14.2 Å². The summed E-state index contributed by atoms with van der Waals surface area (Å²) in [4.78, 5) is 32.5. The minimum absolute atomic E-state index is 0.238. The number of rotatable bonds is 4. The number of hydrogen-bond acceptors (Lipinski definition) is 6. The SMILES string of the molecule is CN(C)C(ON1C(=O)CCC1=O)N1CCOCC1.F[P-](F)(F)(F)(F)F. The van der Waals surface area contributed by atoms with Gasteiger partial charge in [-0.25, -0.2) is 4.84 Å². The van der Waals surface area contributed by atoms with Gasteiger partial charge in [-0.05, 0) is 14.1 Å². The minimum atomic E-state index is -10.7. The molecule has 2 fully saturated rings. The standard InChI is InChI=1S/C11H19N3O4.F6P/c1-12(2)11(13-5-7-17-8-6-13)18-14-9(15)3-4-10(14)16;1-7(2,3,4,5)6/h11H,3-8H2,1-2H3;/q;-1. The first-order valence-electron chi connectivity index (χ1n) is 7.12. The third kappa shape index (κ3) is 9.90. The number of nitrogens with zero attached hydrogens (tertiary/aromatic N) is 3. The van der Waals surface area contributed by atoms with Crippen LogP contribution in [-0.2, 0) is 19.2 Å². The number of carbonyl (C=O) groups excluding carboxylic acids is 2. The number of halogens is 6. The van der Waals surface area contributed by atoms with Crippen molar-refractivity contribution in [1.29, 1.82) is 0 Å². The number of hydroxylamine groups is 2. The van der Waals surface area contributed by atoms with Crippen LogP contribution in [0.25, 0.3) is 0 Å². The molecule has 2 saturated heterocycles. The van der Waals surface area contributed by atoms with Crippen LogP contribution in [0.5, 0.6) is 0 Å². The fourth-order valence-electron chi connectivity index (χ4n) is 2.05.